The molecule has 1 rings (SSSR count). The Bertz CT molecular complexity index is 328. The molecule has 19 heavy (non-hydrogen) atoms. The van der Waals surface area contributed by atoms with E-state index < -0.39 is 0 Å². The van der Waals surface area contributed by atoms with Crippen molar-refractivity contribution in [3.05, 3.63) is 24.3 Å². The number of hydrogen-bond acceptors (Lipinski definition) is 3. The lowest BCUT2D eigenvalue weighted by atomic mass is 10.2. The predicted molar refractivity (Wildman–Crippen MR) is 80.1 cm³/mol. The fourth-order valence-corrected chi connectivity index (χ4v) is 1.89. The molecule has 0 aliphatic heterocycles. The lowest BCUT2D eigenvalue weighted by molar-refractivity contribution is 0.298. The first kappa shape index (κ1) is 15.8. The van der Waals surface area contributed by atoms with E-state index >= 15 is 0 Å². The van der Waals surface area contributed by atoms with Crippen LogP contribution in [-0.4, -0.2) is 26.3 Å². The van der Waals surface area contributed by atoms with Crippen molar-refractivity contribution in [2.75, 3.05) is 26.3 Å². The van der Waals surface area contributed by atoms with Gasteiger partial charge in [0.25, 0.3) is 0 Å². The second-order valence-corrected chi connectivity index (χ2v) is 4.52. The highest BCUT2D eigenvalue weighted by Gasteiger charge is 1.97. The molecule has 108 valence electrons. The third kappa shape index (κ3) is 7.73. The van der Waals surface area contributed by atoms with Gasteiger partial charge in [0.15, 0.2) is 0 Å². The average Bonchev–Trinajstić information content (AvgIpc) is 2.43. The van der Waals surface area contributed by atoms with Crippen LogP contribution in [0, 0.1) is 0 Å². The highest BCUT2D eigenvalue weighted by atomic mass is 16.5. The van der Waals surface area contributed by atoms with Crippen molar-refractivity contribution in [1.29, 1.82) is 0 Å². The van der Waals surface area contributed by atoms with Crippen LogP contribution in [0.4, 0.5) is 0 Å². The molecule has 0 aliphatic carbocycles. The average molecular weight is 265 g/mol. The molecule has 0 fully saturated rings. The number of unbranched alkanes of at least 4 members (excludes halogenated alkanes) is 3. The molecule has 0 spiro atoms. The van der Waals surface area contributed by atoms with E-state index in [1.54, 1.807) is 0 Å². The second kappa shape index (κ2) is 10.7. The number of nitrogens with one attached hydrogen (secondary N) is 1. The molecule has 1 aromatic rings. The zero-order chi connectivity index (χ0) is 13.8. The summed E-state index contributed by atoms with van der Waals surface area (Å²) in [6.45, 7) is 7.81. The number of rotatable bonds is 11. The van der Waals surface area contributed by atoms with Gasteiger partial charge in [-0.25, -0.2) is 0 Å². The summed E-state index contributed by atoms with van der Waals surface area (Å²) in [4.78, 5) is 0. The van der Waals surface area contributed by atoms with Crippen LogP contribution in [0.5, 0.6) is 11.5 Å². The molecule has 0 amide bonds. The minimum atomic E-state index is 0.690. The van der Waals surface area contributed by atoms with Crippen molar-refractivity contribution in [2.45, 2.75) is 39.5 Å². The molecule has 0 saturated carbocycles. The van der Waals surface area contributed by atoms with Crippen molar-refractivity contribution in [2.24, 2.45) is 0 Å². The Labute approximate surface area is 117 Å². The van der Waals surface area contributed by atoms with Gasteiger partial charge in [-0.05, 0) is 45.0 Å². The first-order chi connectivity index (χ1) is 9.36. The molecule has 0 unspecified atom stereocenters. The monoisotopic (exact) mass is 265 g/mol. The molecular weight excluding hydrogens is 238 g/mol. The third-order valence-corrected chi connectivity index (χ3v) is 2.88. The zero-order valence-electron chi connectivity index (χ0n) is 12.3. The third-order valence-electron chi connectivity index (χ3n) is 2.88. The van der Waals surface area contributed by atoms with E-state index in [0.717, 1.165) is 37.6 Å². The van der Waals surface area contributed by atoms with Crippen LogP contribution >= 0.6 is 0 Å². The predicted octanol–water partition coefficient (Wildman–Crippen LogP) is 3.63. The lowest BCUT2D eigenvalue weighted by Crippen LogP contribution is -2.13. The Balaban J connectivity index is 2.07. The zero-order valence-corrected chi connectivity index (χ0v) is 12.3. The molecule has 0 heterocycles. The lowest BCUT2D eigenvalue weighted by Gasteiger charge is -2.08. The highest BCUT2D eigenvalue weighted by molar-refractivity contribution is 5.32. The molecular formula is C16H27NO2. The van der Waals surface area contributed by atoms with E-state index in [4.69, 9.17) is 9.47 Å². The van der Waals surface area contributed by atoms with Gasteiger partial charge in [-0.15, -0.1) is 0 Å². The minimum absolute atomic E-state index is 0.690. The highest BCUT2D eigenvalue weighted by Crippen LogP contribution is 2.19. The Kier molecular flexibility index (Phi) is 8.90. The number of ether oxygens (including phenoxy) is 2. The first-order valence-electron chi connectivity index (χ1n) is 7.43. The van der Waals surface area contributed by atoms with Gasteiger partial charge in [0, 0.05) is 6.07 Å². The Hall–Kier alpha value is -1.22. The van der Waals surface area contributed by atoms with Crippen molar-refractivity contribution in [3.63, 3.8) is 0 Å². The second-order valence-electron chi connectivity index (χ2n) is 4.52. The van der Waals surface area contributed by atoms with Gasteiger partial charge in [0.2, 0.25) is 0 Å². The van der Waals surface area contributed by atoms with Gasteiger partial charge in [0.05, 0.1) is 13.2 Å². The van der Waals surface area contributed by atoms with Crippen molar-refractivity contribution >= 4 is 0 Å². The SMILES string of the molecule is CCNCCCCCCOc1cccc(OCC)c1. The first-order valence-corrected chi connectivity index (χ1v) is 7.43. The minimum Gasteiger partial charge on any atom is -0.494 e. The molecule has 0 aromatic heterocycles. The van der Waals surface area contributed by atoms with E-state index in [1.807, 2.05) is 31.2 Å². The smallest absolute Gasteiger partial charge is 0.122 e. The van der Waals surface area contributed by atoms with Crippen LogP contribution in [0.3, 0.4) is 0 Å². The number of hydrogen-bond donors (Lipinski definition) is 1. The summed E-state index contributed by atoms with van der Waals surface area (Å²) in [5.41, 5.74) is 0. The standard InChI is InChI=1S/C16H27NO2/c1-3-17-12-7-5-6-8-13-19-16-11-9-10-15(14-16)18-4-2/h9-11,14,17H,3-8,12-13H2,1-2H3. The van der Waals surface area contributed by atoms with Gasteiger partial charge in [-0.3, -0.25) is 0 Å². The Morgan fingerprint density at radius 2 is 1.68 bits per heavy atom. The van der Waals surface area contributed by atoms with Crippen LogP contribution in [0.1, 0.15) is 39.5 Å². The van der Waals surface area contributed by atoms with Gasteiger partial charge in [0.1, 0.15) is 11.5 Å². The summed E-state index contributed by atoms with van der Waals surface area (Å²) in [6, 6.07) is 7.86. The fraction of sp³-hybridized carbons (Fsp3) is 0.625. The maximum absolute atomic E-state index is 5.73. The maximum atomic E-state index is 5.73. The molecule has 0 bridgehead atoms. The fourth-order valence-electron chi connectivity index (χ4n) is 1.89. The summed E-state index contributed by atoms with van der Waals surface area (Å²) in [5, 5.41) is 3.34. The summed E-state index contributed by atoms with van der Waals surface area (Å²) >= 11 is 0. The normalized spacial score (nSPS) is 10.4. The Morgan fingerprint density at radius 1 is 0.947 bits per heavy atom. The maximum Gasteiger partial charge on any atom is 0.122 e. The summed E-state index contributed by atoms with van der Waals surface area (Å²) < 4.78 is 11.2. The summed E-state index contributed by atoms with van der Waals surface area (Å²) in [7, 11) is 0. The molecule has 0 aliphatic rings. The molecule has 3 nitrogen and oxygen atoms in total. The van der Waals surface area contributed by atoms with Gasteiger partial charge in [-0.2, -0.15) is 0 Å². The van der Waals surface area contributed by atoms with Crippen LogP contribution in [-0.2, 0) is 0 Å². The van der Waals surface area contributed by atoms with E-state index in [2.05, 4.69) is 12.2 Å². The van der Waals surface area contributed by atoms with Crippen molar-refractivity contribution in [3.8, 4) is 11.5 Å². The molecule has 0 saturated heterocycles. The van der Waals surface area contributed by atoms with Gasteiger partial charge in [-0.1, -0.05) is 25.8 Å². The van der Waals surface area contributed by atoms with Gasteiger partial charge >= 0.3 is 0 Å². The topological polar surface area (TPSA) is 30.5 Å². The van der Waals surface area contributed by atoms with E-state index in [1.165, 1.54) is 19.3 Å². The molecule has 1 aromatic carbocycles. The van der Waals surface area contributed by atoms with E-state index in [0.29, 0.717) is 6.61 Å². The van der Waals surface area contributed by atoms with Crippen molar-refractivity contribution < 1.29 is 9.47 Å². The quantitative estimate of drug-likeness (QED) is 0.620. The van der Waals surface area contributed by atoms with Crippen molar-refractivity contribution in [1.82, 2.24) is 5.32 Å². The van der Waals surface area contributed by atoms with E-state index in [9.17, 15) is 0 Å². The summed E-state index contributed by atoms with van der Waals surface area (Å²) in [5.74, 6) is 1.78. The molecule has 0 atom stereocenters. The van der Waals surface area contributed by atoms with Crippen LogP contribution in [0.2, 0.25) is 0 Å². The number of benzene rings is 1. The molecule has 3 heteroatoms. The summed E-state index contributed by atoms with van der Waals surface area (Å²) in [6.07, 6.45) is 4.88. The Morgan fingerprint density at radius 3 is 2.42 bits per heavy atom. The van der Waals surface area contributed by atoms with Crippen LogP contribution in [0.25, 0.3) is 0 Å². The van der Waals surface area contributed by atoms with Crippen LogP contribution < -0.4 is 14.8 Å². The molecule has 1 N–H and O–H groups in total. The van der Waals surface area contributed by atoms with Crippen LogP contribution in [0.15, 0.2) is 24.3 Å². The van der Waals surface area contributed by atoms with E-state index in [-0.39, 0.29) is 0 Å². The largest absolute Gasteiger partial charge is 0.494 e. The molecule has 0 radical (unpaired) electrons. The van der Waals surface area contributed by atoms with Gasteiger partial charge < -0.3 is 14.8 Å².